The summed E-state index contributed by atoms with van der Waals surface area (Å²) in [6, 6.07) is 15.2. The Hall–Kier alpha value is -2.66. The first-order valence-electron chi connectivity index (χ1n) is 8.43. The van der Waals surface area contributed by atoms with Gasteiger partial charge < -0.3 is 10.1 Å². The second-order valence-electron chi connectivity index (χ2n) is 6.16. The van der Waals surface area contributed by atoms with Crippen LogP contribution in [0, 0.1) is 0 Å². The quantitative estimate of drug-likeness (QED) is 0.852. The normalized spacial score (nSPS) is 13.8. The number of benzene rings is 2. The van der Waals surface area contributed by atoms with Crippen LogP contribution in [0.4, 0.5) is 5.69 Å². The third kappa shape index (κ3) is 4.45. The van der Waals surface area contributed by atoms with Crippen LogP contribution in [0.5, 0.6) is 0 Å². The SMILES string of the molecule is COC(=O)c1ccc(NC(=O)CCN2CCc3ccccc3C2)cc1. The van der Waals surface area contributed by atoms with Crippen LogP contribution in [0.2, 0.25) is 0 Å². The lowest BCUT2D eigenvalue weighted by Crippen LogP contribution is -2.33. The fourth-order valence-electron chi connectivity index (χ4n) is 3.04. The van der Waals surface area contributed by atoms with Crippen molar-refractivity contribution in [1.29, 1.82) is 0 Å². The topological polar surface area (TPSA) is 58.6 Å². The van der Waals surface area contributed by atoms with Crippen molar-refractivity contribution >= 4 is 17.6 Å². The van der Waals surface area contributed by atoms with Crippen LogP contribution >= 0.6 is 0 Å². The summed E-state index contributed by atoms with van der Waals surface area (Å²) in [4.78, 5) is 25.9. The molecule has 0 bridgehead atoms. The van der Waals surface area contributed by atoms with Gasteiger partial charge in [0.05, 0.1) is 12.7 Å². The summed E-state index contributed by atoms with van der Waals surface area (Å²) in [5.74, 6) is -0.409. The highest BCUT2D eigenvalue weighted by molar-refractivity contribution is 5.93. The van der Waals surface area contributed by atoms with Crippen LogP contribution in [-0.2, 0) is 22.5 Å². The van der Waals surface area contributed by atoms with E-state index >= 15 is 0 Å². The van der Waals surface area contributed by atoms with E-state index < -0.39 is 0 Å². The van der Waals surface area contributed by atoms with E-state index in [1.807, 2.05) is 0 Å². The van der Waals surface area contributed by atoms with Gasteiger partial charge in [0.1, 0.15) is 0 Å². The van der Waals surface area contributed by atoms with E-state index in [1.54, 1.807) is 24.3 Å². The second kappa shape index (κ2) is 7.94. The number of amides is 1. The molecule has 0 aromatic heterocycles. The molecule has 0 fully saturated rings. The number of carbonyl (C=O) groups is 2. The highest BCUT2D eigenvalue weighted by Gasteiger charge is 2.16. The number of nitrogens with zero attached hydrogens (tertiary/aromatic N) is 1. The highest BCUT2D eigenvalue weighted by atomic mass is 16.5. The minimum atomic E-state index is -0.386. The largest absolute Gasteiger partial charge is 0.465 e. The molecular formula is C20H22N2O3. The first-order chi connectivity index (χ1) is 12.2. The molecule has 1 aliphatic heterocycles. The Kier molecular flexibility index (Phi) is 5.46. The molecule has 2 aromatic carbocycles. The predicted octanol–water partition coefficient (Wildman–Crippen LogP) is 2.86. The van der Waals surface area contributed by atoms with Crippen LogP contribution in [0.3, 0.4) is 0 Å². The van der Waals surface area contributed by atoms with Crippen molar-refractivity contribution in [2.45, 2.75) is 19.4 Å². The standard InChI is InChI=1S/C20H22N2O3/c1-25-20(24)16-6-8-18(9-7-16)21-19(23)11-13-22-12-10-15-4-2-3-5-17(15)14-22/h2-9H,10-14H2,1H3,(H,21,23). The molecule has 0 spiro atoms. The first-order valence-corrected chi connectivity index (χ1v) is 8.43. The zero-order valence-electron chi connectivity index (χ0n) is 14.3. The highest BCUT2D eigenvalue weighted by Crippen LogP contribution is 2.18. The van der Waals surface area contributed by atoms with E-state index in [9.17, 15) is 9.59 Å². The molecule has 1 N–H and O–H groups in total. The van der Waals surface area contributed by atoms with Gasteiger partial charge in [0.25, 0.3) is 0 Å². The number of ether oxygens (including phenoxy) is 1. The van der Waals surface area contributed by atoms with E-state index in [1.165, 1.54) is 18.2 Å². The monoisotopic (exact) mass is 338 g/mol. The van der Waals surface area contributed by atoms with Crippen molar-refractivity contribution in [3.05, 3.63) is 65.2 Å². The molecule has 0 aliphatic carbocycles. The Morgan fingerprint density at radius 1 is 1.08 bits per heavy atom. The van der Waals surface area contributed by atoms with E-state index in [2.05, 4.69) is 39.2 Å². The molecule has 0 saturated heterocycles. The van der Waals surface area contributed by atoms with Crippen LogP contribution in [0.25, 0.3) is 0 Å². The van der Waals surface area contributed by atoms with Crippen molar-refractivity contribution in [3.8, 4) is 0 Å². The number of methoxy groups -OCH3 is 1. The molecule has 1 aliphatic rings. The van der Waals surface area contributed by atoms with E-state index in [4.69, 9.17) is 0 Å². The van der Waals surface area contributed by atoms with Gasteiger partial charge in [-0.2, -0.15) is 0 Å². The fraction of sp³-hybridized carbons (Fsp3) is 0.300. The Bertz CT molecular complexity index is 756. The third-order valence-electron chi connectivity index (χ3n) is 4.45. The minimum absolute atomic E-state index is 0.0234. The van der Waals surface area contributed by atoms with Crippen LogP contribution in [0.15, 0.2) is 48.5 Å². The Labute approximate surface area is 147 Å². The molecule has 1 heterocycles. The summed E-state index contributed by atoms with van der Waals surface area (Å²) in [6.45, 7) is 2.62. The van der Waals surface area contributed by atoms with Crippen LogP contribution < -0.4 is 5.32 Å². The van der Waals surface area contributed by atoms with E-state index in [0.717, 1.165) is 26.1 Å². The third-order valence-corrected chi connectivity index (χ3v) is 4.45. The lowest BCUT2D eigenvalue weighted by Gasteiger charge is -2.28. The average Bonchev–Trinajstić information content (AvgIpc) is 2.66. The van der Waals surface area contributed by atoms with Gasteiger partial charge in [-0.1, -0.05) is 24.3 Å². The Morgan fingerprint density at radius 3 is 2.52 bits per heavy atom. The smallest absolute Gasteiger partial charge is 0.337 e. The predicted molar refractivity (Wildman–Crippen MR) is 96.5 cm³/mol. The molecule has 3 rings (SSSR count). The fourth-order valence-corrected chi connectivity index (χ4v) is 3.04. The number of hydrogen-bond acceptors (Lipinski definition) is 4. The van der Waals surface area contributed by atoms with Gasteiger partial charge in [-0.3, -0.25) is 9.69 Å². The molecule has 0 unspecified atom stereocenters. The number of nitrogens with one attached hydrogen (secondary N) is 1. The van der Waals surface area contributed by atoms with Crippen molar-refractivity contribution in [3.63, 3.8) is 0 Å². The maximum atomic E-state index is 12.1. The number of hydrogen-bond donors (Lipinski definition) is 1. The molecule has 5 nitrogen and oxygen atoms in total. The van der Waals surface area contributed by atoms with Gasteiger partial charge in [-0.05, 0) is 41.8 Å². The van der Waals surface area contributed by atoms with Gasteiger partial charge in [-0.15, -0.1) is 0 Å². The lowest BCUT2D eigenvalue weighted by molar-refractivity contribution is -0.116. The zero-order chi connectivity index (χ0) is 17.6. The van der Waals surface area contributed by atoms with Crippen molar-refractivity contribution in [1.82, 2.24) is 4.90 Å². The number of carbonyl (C=O) groups excluding carboxylic acids is 2. The first kappa shape index (κ1) is 17.2. The Morgan fingerprint density at radius 2 is 1.80 bits per heavy atom. The number of anilines is 1. The number of esters is 1. The van der Waals surface area contributed by atoms with Crippen molar-refractivity contribution in [2.75, 3.05) is 25.5 Å². The zero-order valence-corrected chi connectivity index (χ0v) is 14.3. The molecule has 5 heteroatoms. The van der Waals surface area contributed by atoms with Gasteiger partial charge >= 0.3 is 5.97 Å². The van der Waals surface area contributed by atoms with E-state index in [0.29, 0.717) is 17.7 Å². The van der Waals surface area contributed by atoms with Crippen LogP contribution in [0.1, 0.15) is 27.9 Å². The average molecular weight is 338 g/mol. The number of fused-ring (bicyclic) bond motifs is 1. The second-order valence-corrected chi connectivity index (χ2v) is 6.16. The maximum absolute atomic E-state index is 12.1. The summed E-state index contributed by atoms with van der Waals surface area (Å²) in [6.07, 6.45) is 1.48. The van der Waals surface area contributed by atoms with Crippen molar-refractivity contribution < 1.29 is 14.3 Å². The summed E-state index contributed by atoms with van der Waals surface area (Å²) in [5.41, 5.74) is 3.91. The molecule has 0 saturated carbocycles. The molecule has 130 valence electrons. The molecule has 0 radical (unpaired) electrons. The summed E-state index contributed by atoms with van der Waals surface area (Å²) in [5, 5.41) is 2.87. The summed E-state index contributed by atoms with van der Waals surface area (Å²) < 4.78 is 4.66. The van der Waals surface area contributed by atoms with Gasteiger partial charge in [0, 0.05) is 31.7 Å². The molecule has 2 aromatic rings. The summed E-state index contributed by atoms with van der Waals surface area (Å²) in [7, 11) is 1.34. The lowest BCUT2D eigenvalue weighted by atomic mass is 10.00. The van der Waals surface area contributed by atoms with E-state index in [-0.39, 0.29) is 11.9 Å². The van der Waals surface area contributed by atoms with Crippen molar-refractivity contribution in [2.24, 2.45) is 0 Å². The molecular weight excluding hydrogens is 316 g/mol. The minimum Gasteiger partial charge on any atom is -0.465 e. The van der Waals surface area contributed by atoms with Gasteiger partial charge in [0.2, 0.25) is 5.91 Å². The molecule has 25 heavy (non-hydrogen) atoms. The van der Waals surface area contributed by atoms with Gasteiger partial charge in [-0.25, -0.2) is 4.79 Å². The van der Waals surface area contributed by atoms with Gasteiger partial charge in [0.15, 0.2) is 0 Å². The molecule has 0 atom stereocenters. The maximum Gasteiger partial charge on any atom is 0.337 e. The number of rotatable bonds is 5. The molecule has 1 amide bonds. The van der Waals surface area contributed by atoms with Crippen LogP contribution in [-0.4, -0.2) is 37.0 Å². The Balaban J connectivity index is 1.48. The summed E-state index contributed by atoms with van der Waals surface area (Å²) >= 11 is 0.